The molecule has 3 heteroatoms. The SMILES string of the molecule is C1=CCC2C(=C1)C1C=C3C(=CC1C21CCCCC1)c1ccc(-c2ccc(-c4cccc(C5=NC(c6ccccc6)NC(c6ccc7c(c6)oc6ccccc67)=C5)c4)cc2)cc1C31CCCCC1. The van der Waals surface area contributed by atoms with Crippen molar-refractivity contribution in [3.63, 3.8) is 0 Å². The van der Waals surface area contributed by atoms with Crippen molar-refractivity contribution >= 4 is 38.9 Å². The molecule has 3 saturated carbocycles. The van der Waals surface area contributed by atoms with Gasteiger partial charge >= 0.3 is 0 Å². The molecule has 0 amide bonds. The maximum atomic E-state index is 6.33. The van der Waals surface area contributed by atoms with Gasteiger partial charge in [-0.1, -0.05) is 184 Å². The van der Waals surface area contributed by atoms with E-state index < -0.39 is 0 Å². The van der Waals surface area contributed by atoms with Gasteiger partial charge in [-0.05, 0) is 136 Å². The highest BCUT2D eigenvalue weighted by Crippen LogP contribution is 2.68. The van der Waals surface area contributed by atoms with E-state index in [0.29, 0.717) is 17.3 Å². The van der Waals surface area contributed by atoms with Crippen molar-refractivity contribution in [1.82, 2.24) is 5.32 Å². The zero-order chi connectivity index (χ0) is 44.1. The van der Waals surface area contributed by atoms with Crippen LogP contribution in [-0.4, -0.2) is 5.71 Å². The number of para-hydroxylation sites is 1. The Kier molecular flexibility index (Phi) is 9.08. The summed E-state index contributed by atoms with van der Waals surface area (Å²) >= 11 is 0. The highest BCUT2D eigenvalue weighted by molar-refractivity contribution is 6.14. The minimum Gasteiger partial charge on any atom is -0.456 e. The molecule has 7 aliphatic rings. The van der Waals surface area contributed by atoms with Crippen molar-refractivity contribution in [2.75, 3.05) is 0 Å². The number of hydrogen-bond acceptors (Lipinski definition) is 3. The van der Waals surface area contributed by atoms with Gasteiger partial charge in [0.05, 0.1) is 5.71 Å². The first kappa shape index (κ1) is 39.5. The maximum absolute atomic E-state index is 6.33. The van der Waals surface area contributed by atoms with Crippen LogP contribution in [0.5, 0.6) is 0 Å². The van der Waals surface area contributed by atoms with Gasteiger partial charge in [0.15, 0.2) is 0 Å². The zero-order valence-electron chi connectivity index (χ0n) is 38.2. The van der Waals surface area contributed by atoms with E-state index in [2.05, 4.69) is 169 Å². The molecule has 7 aromatic rings. The Morgan fingerprint density at radius 2 is 1.30 bits per heavy atom. The lowest BCUT2D eigenvalue weighted by molar-refractivity contribution is 0.0960. The number of aliphatic imine (C=N–C) groups is 1. The highest BCUT2D eigenvalue weighted by atomic mass is 16.3. The van der Waals surface area contributed by atoms with Crippen LogP contribution in [-0.2, 0) is 5.41 Å². The molecule has 14 rings (SSSR count). The molecule has 4 unspecified atom stereocenters. The third kappa shape index (κ3) is 6.19. The second-order valence-corrected chi connectivity index (χ2v) is 20.8. The minimum atomic E-state index is -0.227. The summed E-state index contributed by atoms with van der Waals surface area (Å²) < 4.78 is 6.33. The smallest absolute Gasteiger partial charge is 0.145 e. The molecule has 4 atom stereocenters. The third-order valence-corrected chi connectivity index (χ3v) is 17.5. The van der Waals surface area contributed by atoms with Gasteiger partial charge < -0.3 is 9.73 Å². The van der Waals surface area contributed by atoms with Gasteiger partial charge in [-0.2, -0.15) is 0 Å². The number of nitrogens with zero attached hydrogens (tertiary/aromatic N) is 1. The zero-order valence-corrected chi connectivity index (χ0v) is 38.2. The summed E-state index contributed by atoms with van der Waals surface area (Å²) in [6.45, 7) is 0. The summed E-state index contributed by atoms with van der Waals surface area (Å²) in [5, 5.41) is 6.02. The van der Waals surface area contributed by atoms with Gasteiger partial charge in [-0.25, -0.2) is 0 Å². The fourth-order valence-electron chi connectivity index (χ4n) is 14.4. The predicted molar refractivity (Wildman–Crippen MR) is 277 cm³/mol. The lowest BCUT2D eigenvalue weighted by Crippen LogP contribution is -2.36. The van der Waals surface area contributed by atoms with Crippen LogP contribution < -0.4 is 5.32 Å². The molecule has 2 heterocycles. The average Bonchev–Trinajstić information content (AvgIpc) is 3.99. The second-order valence-electron chi connectivity index (χ2n) is 20.8. The first-order chi connectivity index (χ1) is 33.1. The van der Waals surface area contributed by atoms with E-state index in [1.807, 2.05) is 12.1 Å². The summed E-state index contributed by atoms with van der Waals surface area (Å²) in [7, 11) is 0. The maximum Gasteiger partial charge on any atom is 0.145 e. The first-order valence-electron chi connectivity index (χ1n) is 25.3. The fraction of sp³-hybridized carbons (Fsp3) is 0.266. The van der Waals surface area contributed by atoms with E-state index >= 15 is 0 Å². The van der Waals surface area contributed by atoms with Crippen LogP contribution in [0.4, 0.5) is 0 Å². The number of rotatable bonds is 5. The van der Waals surface area contributed by atoms with Crippen molar-refractivity contribution < 1.29 is 4.42 Å². The molecular weight excluding hydrogens is 813 g/mol. The van der Waals surface area contributed by atoms with E-state index in [4.69, 9.17) is 9.41 Å². The highest BCUT2D eigenvalue weighted by Gasteiger charge is 2.58. The van der Waals surface area contributed by atoms with Crippen molar-refractivity contribution in [1.29, 1.82) is 0 Å². The van der Waals surface area contributed by atoms with Crippen molar-refractivity contribution in [2.24, 2.45) is 28.2 Å². The number of allylic oxidation sites excluding steroid dienone is 9. The molecule has 0 saturated heterocycles. The molecule has 67 heavy (non-hydrogen) atoms. The van der Waals surface area contributed by atoms with Crippen LogP contribution in [0, 0.1) is 23.2 Å². The average molecular weight is 869 g/mol. The van der Waals surface area contributed by atoms with Crippen LogP contribution in [0.2, 0.25) is 0 Å². The van der Waals surface area contributed by atoms with Crippen molar-refractivity contribution in [3.8, 4) is 22.3 Å². The van der Waals surface area contributed by atoms with E-state index in [1.54, 1.807) is 22.3 Å². The Bertz CT molecular complexity index is 3320. The van der Waals surface area contributed by atoms with E-state index in [0.717, 1.165) is 56.0 Å². The first-order valence-corrected chi connectivity index (χ1v) is 25.3. The van der Waals surface area contributed by atoms with Crippen LogP contribution in [0.1, 0.15) is 105 Å². The third-order valence-electron chi connectivity index (χ3n) is 17.5. The van der Waals surface area contributed by atoms with Crippen molar-refractivity contribution in [2.45, 2.75) is 82.2 Å². The normalized spacial score (nSPS) is 24.2. The van der Waals surface area contributed by atoms with Gasteiger partial charge in [0, 0.05) is 38.9 Å². The molecule has 0 radical (unpaired) electrons. The molecule has 3 fully saturated rings. The van der Waals surface area contributed by atoms with Crippen LogP contribution in [0.3, 0.4) is 0 Å². The number of hydrogen-bond donors (Lipinski definition) is 1. The second kappa shape index (κ2) is 15.4. The Morgan fingerprint density at radius 3 is 2.13 bits per heavy atom. The summed E-state index contributed by atoms with van der Waals surface area (Å²) in [5.41, 5.74) is 20.8. The molecular formula is C64H56N2O. The Labute approximate surface area is 394 Å². The lowest BCUT2D eigenvalue weighted by atomic mass is 9.59. The van der Waals surface area contributed by atoms with Gasteiger partial charge in [0.1, 0.15) is 17.3 Å². The Hall–Kier alpha value is -6.71. The molecule has 3 nitrogen and oxygen atoms in total. The van der Waals surface area contributed by atoms with Gasteiger partial charge in [-0.15, -0.1) is 0 Å². The molecule has 2 spiro atoms. The standard InChI is InChI=1S/C64H56N2O/c1-4-15-43(16-5-1)62-65-58(40-59(66-62)47-28-30-51-50-20-7-9-22-60(50)67-61(51)37-47)46-18-14-17-44(35-46)41-23-25-42(26-24-41)45-27-29-49-53-39-56-52(38-57(53)64(55(49)36-45)33-12-3-13-34-64)48-19-6-8-21-54(48)63(56)31-10-2-11-32-63/h1,4-9,14-20,22-30,35-40,52,54,56,62,66H,2-3,10-13,21,31-34H2. The van der Waals surface area contributed by atoms with Crippen LogP contribution >= 0.6 is 0 Å². The molecule has 1 aromatic heterocycles. The van der Waals surface area contributed by atoms with Crippen LogP contribution in [0.15, 0.2) is 197 Å². The largest absolute Gasteiger partial charge is 0.456 e. The molecule has 1 aliphatic heterocycles. The summed E-state index contributed by atoms with van der Waals surface area (Å²) in [5.74, 6) is 1.92. The van der Waals surface area contributed by atoms with Crippen LogP contribution in [0.25, 0.3) is 55.5 Å². The van der Waals surface area contributed by atoms with Gasteiger partial charge in [-0.3, -0.25) is 4.99 Å². The summed E-state index contributed by atoms with van der Waals surface area (Å²) in [6, 6.07) is 51.1. The lowest BCUT2D eigenvalue weighted by Gasteiger charge is -2.44. The summed E-state index contributed by atoms with van der Waals surface area (Å²) in [6.07, 6.45) is 29.8. The van der Waals surface area contributed by atoms with E-state index in [1.165, 1.54) is 98.4 Å². The number of fused-ring (bicyclic) bond motifs is 13. The molecule has 0 bridgehead atoms. The fourth-order valence-corrected chi connectivity index (χ4v) is 14.4. The predicted octanol–water partition coefficient (Wildman–Crippen LogP) is 16.3. The minimum absolute atomic E-state index is 0.134. The molecule has 6 aromatic carbocycles. The van der Waals surface area contributed by atoms with Crippen molar-refractivity contribution in [3.05, 3.63) is 215 Å². The monoisotopic (exact) mass is 868 g/mol. The summed E-state index contributed by atoms with van der Waals surface area (Å²) in [4.78, 5) is 5.32. The van der Waals surface area contributed by atoms with Gasteiger partial charge in [0.2, 0.25) is 0 Å². The van der Waals surface area contributed by atoms with E-state index in [9.17, 15) is 0 Å². The Balaban J connectivity index is 0.793. The van der Waals surface area contributed by atoms with E-state index in [-0.39, 0.29) is 11.6 Å². The Morgan fingerprint density at radius 1 is 0.582 bits per heavy atom. The topological polar surface area (TPSA) is 37.5 Å². The van der Waals surface area contributed by atoms with Gasteiger partial charge in [0.25, 0.3) is 0 Å². The quantitative estimate of drug-likeness (QED) is 0.187. The molecule has 328 valence electrons. The number of furan rings is 1. The molecule has 6 aliphatic carbocycles. The number of benzene rings is 6. The molecule has 1 N–H and O–H groups in total. The number of nitrogens with one attached hydrogen (secondary N) is 1.